The molecule has 3 aromatic rings. The van der Waals surface area contributed by atoms with Gasteiger partial charge in [-0.25, -0.2) is 4.98 Å². The third kappa shape index (κ3) is 6.20. The molecule has 0 radical (unpaired) electrons. The number of aryl methyl sites for hydroxylation is 1. The molecule has 2 aliphatic rings. The zero-order valence-corrected chi connectivity index (χ0v) is 23.4. The lowest BCUT2D eigenvalue weighted by Crippen LogP contribution is -2.40. The van der Waals surface area contributed by atoms with Gasteiger partial charge in [-0.3, -0.25) is 9.48 Å². The number of nitrogens with zero attached hydrogens (tertiary/aromatic N) is 4. The van der Waals surface area contributed by atoms with Gasteiger partial charge in [-0.2, -0.15) is 18.3 Å². The first-order chi connectivity index (χ1) is 18.4. The predicted octanol–water partition coefficient (Wildman–Crippen LogP) is 6.12. The van der Waals surface area contributed by atoms with Crippen molar-refractivity contribution in [2.45, 2.75) is 84.1 Å². The minimum absolute atomic E-state index is 0.0559. The summed E-state index contributed by atoms with van der Waals surface area (Å²) in [5.41, 5.74) is 3.66. The first-order valence-corrected chi connectivity index (χ1v) is 14.0. The van der Waals surface area contributed by atoms with Gasteiger partial charge in [0.1, 0.15) is 12.2 Å². The van der Waals surface area contributed by atoms with Crippen LogP contribution in [0.3, 0.4) is 0 Å². The molecule has 4 heterocycles. The molecule has 0 N–H and O–H groups in total. The Morgan fingerprint density at radius 2 is 1.77 bits per heavy atom. The van der Waals surface area contributed by atoms with Crippen molar-refractivity contribution in [3.8, 4) is 0 Å². The molecule has 7 nitrogen and oxygen atoms in total. The zero-order chi connectivity index (χ0) is 27.9. The van der Waals surface area contributed by atoms with Crippen LogP contribution in [0.4, 0.5) is 13.2 Å². The minimum atomic E-state index is -4.53. The van der Waals surface area contributed by atoms with Gasteiger partial charge >= 0.3 is 6.18 Å². The molecule has 1 fully saturated rings. The van der Waals surface area contributed by atoms with Gasteiger partial charge in [0.15, 0.2) is 5.69 Å². The van der Waals surface area contributed by atoms with Crippen LogP contribution < -0.4 is 0 Å². The molecule has 1 amide bonds. The summed E-state index contributed by atoms with van der Waals surface area (Å²) in [4.78, 5) is 19.3. The van der Waals surface area contributed by atoms with Gasteiger partial charge in [0.2, 0.25) is 12.2 Å². The number of likely N-dealkylation sites (tertiary alicyclic amines) is 1. The molecule has 0 spiro atoms. The molecule has 1 unspecified atom stereocenters. The van der Waals surface area contributed by atoms with Crippen molar-refractivity contribution >= 4 is 17.2 Å². The number of ether oxygens (including phenoxy) is 2. The van der Waals surface area contributed by atoms with Gasteiger partial charge in [-0.1, -0.05) is 39.0 Å². The van der Waals surface area contributed by atoms with Crippen molar-refractivity contribution in [1.29, 1.82) is 0 Å². The Labute approximate surface area is 229 Å². The summed E-state index contributed by atoms with van der Waals surface area (Å²) in [6, 6.07) is 7.43. The number of carbonyl (C=O) groups is 1. The monoisotopic (exact) mass is 562 g/mol. The fourth-order valence-corrected chi connectivity index (χ4v) is 5.92. The Morgan fingerprint density at radius 3 is 2.41 bits per heavy atom. The maximum Gasteiger partial charge on any atom is 0.435 e. The summed E-state index contributed by atoms with van der Waals surface area (Å²) >= 11 is 1.57. The third-order valence-corrected chi connectivity index (χ3v) is 8.41. The molecule has 1 atom stereocenters. The van der Waals surface area contributed by atoms with E-state index >= 15 is 0 Å². The number of rotatable bonds is 4. The van der Waals surface area contributed by atoms with Crippen LogP contribution in [0, 0.1) is 6.92 Å². The number of amides is 1. The standard InChI is InChI=1S/C28H33F3N4O3S/c1-17-11-23(28(29,30)31)33-35(17)13-24(36)34-9-7-18(8-10-34)25-32-22(16-39-25)26-37-14-19-5-6-21(27(2,3)4)12-20(19)15-38-26/h5-6,11-12,16,18,26H,7-10,13-15H2,1-4H3. The summed E-state index contributed by atoms with van der Waals surface area (Å²) in [6.07, 6.45) is -3.60. The lowest BCUT2D eigenvalue weighted by Gasteiger charge is -2.31. The Morgan fingerprint density at radius 1 is 1.08 bits per heavy atom. The molecule has 2 aliphatic heterocycles. The van der Waals surface area contributed by atoms with Crippen LogP contribution in [0.15, 0.2) is 29.6 Å². The number of benzene rings is 1. The second-order valence-electron chi connectivity index (χ2n) is 11.3. The molecule has 0 aliphatic carbocycles. The maximum absolute atomic E-state index is 12.9. The minimum Gasteiger partial charge on any atom is -0.342 e. The predicted molar refractivity (Wildman–Crippen MR) is 140 cm³/mol. The fourth-order valence-electron chi connectivity index (χ4n) is 4.93. The van der Waals surface area contributed by atoms with E-state index in [4.69, 9.17) is 14.5 Å². The van der Waals surface area contributed by atoms with Crippen LogP contribution in [0.5, 0.6) is 0 Å². The number of halogens is 3. The largest absolute Gasteiger partial charge is 0.435 e. The molecule has 1 aromatic carbocycles. The van der Waals surface area contributed by atoms with Crippen molar-refractivity contribution in [3.63, 3.8) is 0 Å². The van der Waals surface area contributed by atoms with Crippen LogP contribution in [0.25, 0.3) is 0 Å². The van der Waals surface area contributed by atoms with Crippen molar-refractivity contribution < 1.29 is 27.4 Å². The highest BCUT2D eigenvalue weighted by molar-refractivity contribution is 7.09. The Balaban J connectivity index is 1.16. The van der Waals surface area contributed by atoms with Gasteiger partial charge < -0.3 is 14.4 Å². The normalized spacial score (nSPS) is 19.2. The molecule has 1 saturated heterocycles. The Bertz CT molecular complexity index is 1340. The SMILES string of the molecule is Cc1cc(C(F)(F)F)nn1CC(=O)N1CCC(c2nc(C3OCc4ccc(C(C)(C)C)cc4CO3)cs2)CC1. The lowest BCUT2D eigenvalue weighted by molar-refractivity contribution is -0.155. The molecule has 210 valence electrons. The third-order valence-electron chi connectivity index (χ3n) is 7.39. The number of aromatic nitrogens is 3. The number of alkyl halides is 3. The van der Waals surface area contributed by atoms with E-state index in [2.05, 4.69) is 44.1 Å². The van der Waals surface area contributed by atoms with E-state index in [1.54, 1.807) is 16.2 Å². The van der Waals surface area contributed by atoms with E-state index in [1.807, 2.05) is 5.38 Å². The lowest BCUT2D eigenvalue weighted by atomic mass is 9.85. The zero-order valence-electron chi connectivity index (χ0n) is 22.5. The summed E-state index contributed by atoms with van der Waals surface area (Å²) in [7, 11) is 0. The summed E-state index contributed by atoms with van der Waals surface area (Å²) in [5, 5.41) is 6.54. The first-order valence-electron chi connectivity index (χ1n) is 13.1. The van der Waals surface area contributed by atoms with Crippen molar-refractivity contribution in [3.05, 3.63) is 68.4 Å². The average molecular weight is 563 g/mol. The summed E-state index contributed by atoms with van der Waals surface area (Å²) in [5.74, 6) is -0.0315. The smallest absolute Gasteiger partial charge is 0.342 e. The Hall–Kier alpha value is -2.76. The van der Waals surface area contributed by atoms with Gasteiger partial charge in [-0.15, -0.1) is 11.3 Å². The molecule has 2 aromatic heterocycles. The molecular formula is C28H33F3N4O3S. The quantitative estimate of drug-likeness (QED) is 0.384. The topological polar surface area (TPSA) is 69.5 Å². The van der Waals surface area contributed by atoms with Crippen LogP contribution in [-0.2, 0) is 45.6 Å². The summed E-state index contributed by atoms with van der Waals surface area (Å²) in [6.45, 7) is 9.84. The van der Waals surface area contributed by atoms with Crippen LogP contribution >= 0.6 is 11.3 Å². The second-order valence-corrected chi connectivity index (χ2v) is 12.2. The average Bonchev–Trinajstić information content (AvgIpc) is 3.45. The van der Waals surface area contributed by atoms with E-state index in [9.17, 15) is 18.0 Å². The maximum atomic E-state index is 12.9. The van der Waals surface area contributed by atoms with Gasteiger partial charge in [0.25, 0.3) is 0 Å². The van der Waals surface area contributed by atoms with E-state index < -0.39 is 18.2 Å². The van der Waals surface area contributed by atoms with Crippen molar-refractivity contribution in [2.24, 2.45) is 0 Å². The molecular weight excluding hydrogens is 529 g/mol. The van der Waals surface area contributed by atoms with Crippen molar-refractivity contribution in [2.75, 3.05) is 13.1 Å². The van der Waals surface area contributed by atoms with Gasteiger partial charge in [0.05, 0.1) is 18.2 Å². The number of hydrogen-bond donors (Lipinski definition) is 0. The number of hydrogen-bond acceptors (Lipinski definition) is 6. The molecule has 5 rings (SSSR count). The number of fused-ring (bicyclic) bond motifs is 1. The van der Waals surface area contributed by atoms with Crippen molar-refractivity contribution in [1.82, 2.24) is 19.7 Å². The molecule has 39 heavy (non-hydrogen) atoms. The summed E-state index contributed by atoms with van der Waals surface area (Å²) < 4.78 is 52.1. The van der Waals surface area contributed by atoms with Crippen LogP contribution in [-0.4, -0.2) is 38.7 Å². The highest BCUT2D eigenvalue weighted by Gasteiger charge is 2.35. The highest BCUT2D eigenvalue weighted by Crippen LogP contribution is 2.35. The first kappa shape index (κ1) is 27.8. The molecule has 11 heteroatoms. The highest BCUT2D eigenvalue weighted by atomic mass is 32.1. The number of piperidine rings is 1. The molecule has 0 saturated carbocycles. The second kappa shape index (κ2) is 10.7. The van der Waals surface area contributed by atoms with E-state index in [-0.39, 0.29) is 23.8 Å². The van der Waals surface area contributed by atoms with E-state index in [0.29, 0.717) is 32.0 Å². The van der Waals surface area contributed by atoms with E-state index in [1.165, 1.54) is 12.5 Å². The van der Waals surface area contributed by atoms with Crippen LogP contribution in [0.2, 0.25) is 0 Å². The van der Waals surface area contributed by atoms with E-state index in [0.717, 1.165) is 45.4 Å². The fraction of sp³-hybridized carbons (Fsp3) is 0.536. The van der Waals surface area contributed by atoms with Gasteiger partial charge in [-0.05, 0) is 47.9 Å². The number of thiazole rings is 1. The van der Waals surface area contributed by atoms with Crippen LogP contribution in [0.1, 0.15) is 84.6 Å². The number of carbonyl (C=O) groups excluding carboxylic acids is 1. The Kier molecular flexibility index (Phi) is 7.60. The van der Waals surface area contributed by atoms with Gasteiger partial charge in [0, 0.05) is 30.1 Å². The molecule has 0 bridgehead atoms.